The van der Waals surface area contributed by atoms with Crippen LogP contribution in [0, 0.1) is 5.92 Å². The zero-order valence-electron chi connectivity index (χ0n) is 16.1. The van der Waals surface area contributed by atoms with E-state index < -0.39 is 0 Å². The maximum absolute atomic E-state index is 12.1. The van der Waals surface area contributed by atoms with E-state index in [4.69, 9.17) is 9.47 Å². The lowest BCUT2D eigenvalue weighted by atomic mass is 9.90. The molecule has 0 bridgehead atoms. The summed E-state index contributed by atoms with van der Waals surface area (Å²) in [6, 6.07) is 8.34. The Hall–Kier alpha value is -1.92. The van der Waals surface area contributed by atoms with Crippen LogP contribution in [0.2, 0.25) is 0 Å². The van der Waals surface area contributed by atoms with Gasteiger partial charge in [-0.3, -0.25) is 9.59 Å². The molecule has 0 radical (unpaired) electrons. The Bertz CT molecular complexity index is 620. The zero-order chi connectivity index (χ0) is 19.1. The Morgan fingerprint density at radius 2 is 1.78 bits per heavy atom. The topological polar surface area (TPSA) is 67.9 Å². The second kappa shape index (κ2) is 9.85. The highest BCUT2D eigenvalue weighted by Crippen LogP contribution is 2.23. The molecule has 1 saturated carbocycles. The molecule has 2 amide bonds. The minimum atomic E-state index is 0.0311. The highest BCUT2D eigenvalue weighted by molar-refractivity contribution is 5.94. The van der Waals surface area contributed by atoms with E-state index in [1.54, 1.807) is 7.11 Å². The lowest BCUT2D eigenvalue weighted by molar-refractivity contribution is -0.137. The predicted octanol–water partition coefficient (Wildman–Crippen LogP) is 2.02. The van der Waals surface area contributed by atoms with Crippen LogP contribution in [0.3, 0.4) is 0 Å². The molecule has 1 aliphatic heterocycles. The Kier molecular flexibility index (Phi) is 7.24. The van der Waals surface area contributed by atoms with Crippen molar-refractivity contribution in [3.8, 4) is 0 Å². The molecule has 2 fully saturated rings. The number of nitrogens with one attached hydrogen (secondary N) is 1. The Morgan fingerprint density at radius 3 is 2.41 bits per heavy atom. The SMILES string of the molecule is COCCOCC(=O)N1CCC(Cc2ccc(C(=O)NC3CC3)cc2)CC1. The first-order chi connectivity index (χ1) is 13.2. The predicted molar refractivity (Wildman–Crippen MR) is 103 cm³/mol. The van der Waals surface area contributed by atoms with Crippen molar-refractivity contribution in [2.24, 2.45) is 5.92 Å². The maximum Gasteiger partial charge on any atom is 0.251 e. The first kappa shape index (κ1) is 19.8. The summed E-state index contributed by atoms with van der Waals surface area (Å²) in [4.78, 5) is 26.1. The standard InChI is InChI=1S/C21H30N2O4/c1-26-12-13-27-15-20(24)23-10-8-17(9-11-23)14-16-2-4-18(5-3-16)21(25)22-19-6-7-19/h2-5,17,19H,6-15H2,1H3,(H,22,25). The molecule has 1 N–H and O–H groups in total. The summed E-state index contributed by atoms with van der Waals surface area (Å²) in [5, 5.41) is 3.01. The quantitative estimate of drug-likeness (QED) is 0.672. The Morgan fingerprint density at radius 1 is 1.07 bits per heavy atom. The third-order valence-electron chi connectivity index (χ3n) is 5.28. The van der Waals surface area contributed by atoms with Crippen LogP contribution >= 0.6 is 0 Å². The van der Waals surface area contributed by atoms with E-state index in [0.29, 0.717) is 25.2 Å². The first-order valence-electron chi connectivity index (χ1n) is 9.90. The third kappa shape index (κ3) is 6.33. The number of amides is 2. The molecule has 6 nitrogen and oxygen atoms in total. The van der Waals surface area contributed by atoms with Crippen molar-refractivity contribution in [2.75, 3.05) is 40.0 Å². The summed E-state index contributed by atoms with van der Waals surface area (Å²) in [6.45, 7) is 2.68. The van der Waals surface area contributed by atoms with Gasteiger partial charge in [0.15, 0.2) is 0 Å². The van der Waals surface area contributed by atoms with Gasteiger partial charge in [0.05, 0.1) is 13.2 Å². The normalized spacial score (nSPS) is 17.7. The molecule has 0 unspecified atom stereocenters. The highest BCUT2D eigenvalue weighted by atomic mass is 16.5. The molecule has 0 spiro atoms. The lowest BCUT2D eigenvalue weighted by Crippen LogP contribution is -2.40. The number of hydrogen-bond donors (Lipinski definition) is 1. The van der Waals surface area contributed by atoms with Crippen LogP contribution < -0.4 is 5.32 Å². The van der Waals surface area contributed by atoms with Gasteiger partial charge in [0.1, 0.15) is 6.61 Å². The minimum absolute atomic E-state index is 0.0311. The molecule has 6 heteroatoms. The van der Waals surface area contributed by atoms with Crippen molar-refractivity contribution in [3.63, 3.8) is 0 Å². The van der Waals surface area contributed by atoms with Gasteiger partial charge in [0.2, 0.25) is 5.91 Å². The fourth-order valence-corrected chi connectivity index (χ4v) is 3.40. The maximum atomic E-state index is 12.1. The van der Waals surface area contributed by atoms with Gasteiger partial charge in [-0.2, -0.15) is 0 Å². The van der Waals surface area contributed by atoms with Crippen molar-refractivity contribution in [1.29, 1.82) is 0 Å². The van der Waals surface area contributed by atoms with Gasteiger partial charge < -0.3 is 19.7 Å². The first-order valence-corrected chi connectivity index (χ1v) is 9.90. The monoisotopic (exact) mass is 374 g/mol. The van der Waals surface area contributed by atoms with Crippen molar-refractivity contribution in [3.05, 3.63) is 35.4 Å². The summed E-state index contributed by atoms with van der Waals surface area (Å²) in [6.07, 6.45) is 5.22. The number of carbonyl (C=O) groups is 2. The van der Waals surface area contributed by atoms with Crippen LogP contribution in [0.1, 0.15) is 41.6 Å². The van der Waals surface area contributed by atoms with Crippen molar-refractivity contribution >= 4 is 11.8 Å². The largest absolute Gasteiger partial charge is 0.382 e. The molecule has 0 aromatic heterocycles. The summed E-state index contributed by atoms with van der Waals surface area (Å²) >= 11 is 0. The molecule has 1 aliphatic carbocycles. The number of hydrogen-bond acceptors (Lipinski definition) is 4. The Labute approximate surface area is 161 Å². The second-order valence-corrected chi connectivity index (χ2v) is 7.52. The van der Waals surface area contributed by atoms with Gasteiger partial charge in [-0.05, 0) is 55.7 Å². The van der Waals surface area contributed by atoms with Crippen LogP contribution in [0.4, 0.5) is 0 Å². The van der Waals surface area contributed by atoms with E-state index in [1.165, 1.54) is 5.56 Å². The van der Waals surface area contributed by atoms with Crippen molar-refractivity contribution < 1.29 is 19.1 Å². The average Bonchev–Trinajstić information content (AvgIpc) is 3.50. The summed E-state index contributed by atoms with van der Waals surface area (Å²) in [5.74, 6) is 0.675. The summed E-state index contributed by atoms with van der Waals surface area (Å²) < 4.78 is 10.2. The van der Waals surface area contributed by atoms with Crippen molar-refractivity contribution in [1.82, 2.24) is 10.2 Å². The number of benzene rings is 1. The molecule has 3 rings (SSSR count). The summed E-state index contributed by atoms with van der Waals surface area (Å²) in [7, 11) is 1.62. The number of methoxy groups -OCH3 is 1. The van der Waals surface area contributed by atoms with E-state index in [9.17, 15) is 9.59 Å². The molecule has 148 valence electrons. The second-order valence-electron chi connectivity index (χ2n) is 7.52. The molecular formula is C21H30N2O4. The van der Waals surface area contributed by atoms with Crippen molar-refractivity contribution in [2.45, 2.75) is 38.1 Å². The van der Waals surface area contributed by atoms with E-state index in [-0.39, 0.29) is 18.4 Å². The fourth-order valence-electron chi connectivity index (χ4n) is 3.40. The van der Waals surface area contributed by atoms with E-state index >= 15 is 0 Å². The molecule has 2 aliphatic rings. The average molecular weight is 374 g/mol. The molecule has 0 atom stereocenters. The summed E-state index contributed by atoms with van der Waals surface area (Å²) in [5.41, 5.74) is 1.99. The number of rotatable bonds is 9. The van der Waals surface area contributed by atoms with Crippen LogP contribution in [-0.4, -0.2) is 62.8 Å². The van der Waals surface area contributed by atoms with Crippen LogP contribution in [-0.2, 0) is 20.7 Å². The van der Waals surface area contributed by atoms with Crippen LogP contribution in [0.25, 0.3) is 0 Å². The Balaban J connectivity index is 1.38. The van der Waals surface area contributed by atoms with E-state index in [1.807, 2.05) is 17.0 Å². The van der Waals surface area contributed by atoms with E-state index in [0.717, 1.165) is 50.8 Å². The smallest absolute Gasteiger partial charge is 0.251 e. The molecular weight excluding hydrogens is 344 g/mol. The van der Waals surface area contributed by atoms with Gasteiger partial charge in [0.25, 0.3) is 5.91 Å². The van der Waals surface area contributed by atoms with Gasteiger partial charge >= 0.3 is 0 Å². The van der Waals surface area contributed by atoms with Gasteiger partial charge in [0, 0.05) is 31.8 Å². The van der Waals surface area contributed by atoms with E-state index in [2.05, 4.69) is 17.4 Å². The number of ether oxygens (including phenoxy) is 2. The van der Waals surface area contributed by atoms with Gasteiger partial charge in [-0.25, -0.2) is 0 Å². The molecule has 27 heavy (non-hydrogen) atoms. The van der Waals surface area contributed by atoms with Crippen LogP contribution in [0.5, 0.6) is 0 Å². The number of piperidine rings is 1. The molecule has 1 heterocycles. The van der Waals surface area contributed by atoms with Gasteiger partial charge in [-0.15, -0.1) is 0 Å². The number of likely N-dealkylation sites (tertiary alicyclic amines) is 1. The molecule has 1 saturated heterocycles. The third-order valence-corrected chi connectivity index (χ3v) is 5.28. The zero-order valence-corrected chi connectivity index (χ0v) is 16.1. The molecule has 1 aromatic rings. The van der Waals surface area contributed by atoms with Gasteiger partial charge in [-0.1, -0.05) is 12.1 Å². The molecule has 1 aromatic carbocycles. The number of carbonyl (C=O) groups excluding carboxylic acids is 2. The highest BCUT2D eigenvalue weighted by Gasteiger charge is 2.24. The number of nitrogens with zero attached hydrogens (tertiary/aromatic N) is 1. The lowest BCUT2D eigenvalue weighted by Gasteiger charge is -2.32. The minimum Gasteiger partial charge on any atom is -0.382 e. The fraction of sp³-hybridized carbons (Fsp3) is 0.619. The van der Waals surface area contributed by atoms with Crippen LogP contribution in [0.15, 0.2) is 24.3 Å².